The minimum absolute atomic E-state index is 0.0811. The summed E-state index contributed by atoms with van der Waals surface area (Å²) in [5, 5.41) is 17.8. The van der Waals surface area contributed by atoms with Gasteiger partial charge in [-0.15, -0.1) is 0 Å². The second-order valence-corrected chi connectivity index (χ2v) is 8.29. The number of rotatable bonds is 5. The quantitative estimate of drug-likeness (QED) is 0.666. The van der Waals surface area contributed by atoms with Crippen molar-refractivity contribution in [2.24, 2.45) is 5.92 Å². The summed E-state index contributed by atoms with van der Waals surface area (Å²) in [4.78, 5) is 29.1. The summed E-state index contributed by atoms with van der Waals surface area (Å²) in [6.45, 7) is 3.36. The number of hydrogen-bond donors (Lipinski definition) is 3. The number of amides is 2. The lowest BCUT2D eigenvalue weighted by Gasteiger charge is -2.28. The van der Waals surface area contributed by atoms with E-state index < -0.39 is 0 Å². The van der Waals surface area contributed by atoms with Gasteiger partial charge in [-0.25, -0.2) is 4.98 Å². The smallest absolute Gasteiger partial charge is 0.234 e. The molecule has 166 valence electrons. The van der Waals surface area contributed by atoms with E-state index in [0.717, 1.165) is 53.9 Å². The van der Waals surface area contributed by atoms with Crippen LogP contribution in [0.1, 0.15) is 37.7 Å². The number of carbonyl (C=O) groups is 2. The van der Waals surface area contributed by atoms with Gasteiger partial charge in [0.15, 0.2) is 0 Å². The van der Waals surface area contributed by atoms with Gasteiger partial charge in [-0.3, -0.25) is 9.59 Å². The van der Waals surface area contributed by atoms with Gasteiger partial charge < -0.3 is 20.7 Å². The van der Waals surface area contributed by atoms with Gasteiger partial charge in [0, 0.05) is 30.3 Å². The first kappa shape index (κ1) is 21.6. The largest absolute Gasteiger partial charge is 0.489 e. The maximum Gasteiger partial charge on any atom is 0.234 e. The van der Waals surface area contributed by atoms with Gasteiger partial charge in [-0.05, 0) is 49.4 Å². The molecule has 0 radical (unpaired) electrons. The van der Waals surface area contributed by atoms with E-state index in [4.69, 9.17) is 10.00 Å². The number of aromatic nitrogens is 1. The van der Waals surface area contributed by atoms with Gasteiger partial charge in [0.2, 0.25) is 11.8 Å². The molecule has 2 aliphatic rings. The second kappa shape index (κ2) is 9.69. The molecule has 0 bridgehead atoms. The summed E-state index contributed by atoms with van der Waals surface area (Å²) in [5.41, 5.74) is 3.87. The van der Waals surface area contributed by atoms with Crippen molar-refractivity contribution >= 4 is 23.3 Å². The number of aryl methyl sites for hydroxylation is 1. The lowest BCUT2D eigenvalue weighted by atomic mass is 9.85. The van der Waals surface area contributed by atoms with E-state index >= 15 is 0 Å². The molecule has 1 aromatic carbocycles. The molecule has 0 spiro atoms. The van der Waals surface area contributed by atoms with Crippen LogP contribution < -0.4 is 20.7 Å². The molecule has 8 heteroatoms. The Kier molecular flexibility index (Phi) is 6.55. The number of para-hydroxylation sites is 1. The fourth-order valence-corrected chi connectivity index (χ4v) is 4.40. The molecule has 2 amide bonds. The molecular weight excluding hydrogens is 406 g/mol. The molecule has 3 N–H and O–H groups in total. The molecule has 1 aliphatic heterocycles. The lowest BCUT2D eigenvalue weighted by molar-refractivity contribution is -0.124. The number of ether oxygens (including phenoxy) is 1. The molecule has 1 aromatic heterocycles. The Morgan fingerprint density at radius 3 is 3.03 bits per heavy atom. The highest BCUT2D eigenvalue weighted by molar-refractivity contribution is 5.93. The Morgan fingerprint density at radius 2 is 2.19 bits per heavy atom. The van der Waals surface area contributed by atoms with Crippen LogP contribution in [-0.4, -0.2) is 36.0 Å². The van der Waals surface area contributed by atoms with E-state index in [1.165, 1.54) is 0 Å². The summed E-state index contributed by atoms with van der Waals surface area (Å²) < 4.78 is 5.92. The van der Waals surface area contributed by atoms with Crippen LogP contribution in [0, 0.1) is 24.2 Å². The van der Waals surface area contributed by atoms with E-state index in [1.54, 1.807) is 6.20 Å². The molecule has 4 rings (SSSR count). The summed E-state index contributed by atoms with van der Waals surface area (Å²) in [5.74, 6) is 0.715. The monoisotopic (exact) mass is 433 g/mol. The van der Waals surface area contributed by atoms with Gasteiger partial charge in [0.05, 0.1) is 11.8 Å². The van der Waals surface area contributed by atoms with Gasteiger partial charge in [0.25, 0.3) is 0 Å². The molecule has 0 saturated heterocycles. The van der Waals surface area contributed by atoms with Gasteiger partial charge in [-0.2, -0.15) is 5.26 Å². The zero-order valence-corrected chi connectivity index (χ0v) is 18.1. The number of hydrogen-bond acceptors (Lipinski definition) is 6. The standard InChI is InChI=1S/C24H27N5O3/c1-15-14-27-21(13-19(15)18-6-3-7-20-23(18)32-11-10-26-20)29-24(31)16-4-2-5-17(12-16)28-22(30)8-9-25/h3,6-7,13-14,16-17,26H,2,4-5,8,10-12H2,1H3,(H,28,30)(H,27,29,31)/t16-,17+/m0/s1. The molecule has 1 fully saturated rings. The third-order valence-corrected chi connectivity index (χ3v) is 5.97. The number of nitrogens with zero attached hydrogens (tertiary/aromatic N) is 2. The molecule has 1 aliphatic carbocycles. The van der Waals surface area contributed by atoms with Gasteiger partial charge in [0.1, 0.15) is 24.6 Å². The summed E-state index contributed by atoms with van der Waals surface area (Å²) in [6.07, 6.45) is 4.59. The molecule has 1 saturated carbocycles. The van der Waals surface area contributed by atoms with Crippen molar-refractivity contribution in [2.45, 2.75) is 45.1 Å². The first-order valence-electron chi connectivity index (χ1n) is 11.0. The second-order valence-electron chi connectivity index (χ2n) is 8.29. The summed E-state index contributed by atoms with van der Waals surface area (Å²) in [7, 11) is 0. The zero-order valence-electron chi connectivity index (χ0n) is 18.1. The van der Waals surface area contributed by atoms with Crippen LogP contribution in [0.2, 0.25) is 0 Å². The summed E-state index contributed by atoms with van der Waals surface area (Å²) in [6, 6.07) is 9.64. The highest BCUT2D eigenvalue weighted by Gasteiger charge is 2.28. The Balaban J connectivity index is 1.48. The molecule has 32 heavy (non-hydrogen) atoms. The molecule has 2 atom stereocenters. The van der Waals surface area contributed by atoms with E-state index in [0.29, 0.717) is 18.8 Å². The van der Waals surface area contributed by atoms with Crippen molar-refractivity contribution < 1.29 is 14.3 Å². The number of nitriles is 1. The predicted octanol–water partition coefficient (Wildman–Crippen LogP) is 3.39. The molecule has 2 aromatic rings. The van der Waals surface area contributed by atoms with Crippen molar-refractivity contribution in [3.8, 4) is 22.9 Å². The number of benzene rings is 1. The number of carbonyl (C=O) groups excluding carboxylic acids is 2. The zero-order chi connectivity index (χ0) is 22.5. The van der Waals surface area contributed by atoms with E-state index in [9.17, 15) is 9.59 Å². The van der Waals surface area contributed by atoms with E-state index in [-0.39, 0.29) is 30.2 Å². The summed E-state index contributed by atoms with van der Waals surface area (Å²) >= 11 is 0. The van der Waals surface area contributed by atoms with Crippen molar-refractivity contribution in [1.29, 1.82) is 5.26 Å². The van der Waals surface area contributed by atoms with Crippen molar-refractivity contribution in [3.05, 3.63) is 36.0 Å². The van der Waals surface area contributed by atoms with E-state index in [1.807, 2.05) is 37.3 Å². The molecule has 8 nitrogen and oxygen atoms in total. The average Bonchev–Trinajstić information content (AvgIpc) is 2.80. The molecular formula is C24H27N5O3. The van der Waals surface area contributed by atoms with Crippen molar-refractivity contribution in [3.63, 3.8) is 0 Å². The minimum Gasteiger partial charge on any atom is -0.489 e. The van der Waals surface area contributed by atoms with Crippen LogP contribution in [0.5, 0.6) is 5.75 Å². The average molecular weight is 434 g/mol. The number of anilines is 2. The molecule has 2 heterocycles. The van der Waals surface area contributed by atoms with E-state index in [2.05, 4.69) is 20.9 Å². The Morgan fingerprint density at radius 1 is 1.31 bits per heavy atom. The van der Waals surface area contributed by atoms with Gasteiger partial charge in [-0.1, -0.05) is 18.6 Å². The SMILES string of the molecule is Cc1cnc(NC(=O)[C@H]2CCC[C@@H](NC(=O)CC#N)C2)cc1-c1cccc2c1OCCN2. The fraction of sp³-hybridized carbons (Fsp3) is 0.417. The topological polar surface area (TPSA) is 116 Å². The minimum atomic E-state index is -0.286. The highest BCUT2D eigenvalue weighted by atomic mass is 16.5. The van der Waals surface area contributed by atoms with Crippen LogP contribution >= 0.6 is 0 Å². The third kappa shape index (κ3) is 4.83. The number of pyridine rings is 1. The predicted molar refractivity (Wildman–Crippen MR) is 121 cm³/mol. The maximum absolute atomic E-state index is 12.9. The third-order valence-electron chi connectivity index (χ3n) is 5.97. The first-order chi connectivity index (χ1) is 15.5. The van der Waals surface area contributed by atoms with Crippen LogP contribution in [0.4, 0.5) is 11.5 Å². The Bertz CT molecular complexity index is 1060. The highest BCUT2D eigenvalue weighted by Crippen LogP contribution is 2.39. The van der Waals surface area contributed by atoms with Crippen molar-refractivity contribution in [2.75, 3.05) is 23.8 Å². The first-order valence-corrected chi connectivity index (χ1v) is 11.0. The normalized spacial score (nSPS) is 19.5. The number of fused-ring (bicyclic) bond motifs is 1. The maximum atomic E-state index is 12.9. The van der Waals surface area contributed by atoms with Gasteiger partial charge >= 0.3 is 0 Å². The lowest BCUT2D eigenvalue weighted by Crippen LogP contribution is -2.40. The van der Waals surface area contributed by atoms with Crippen LogP contribution in [0.3, 0.4) is 0 Å². The van der Waals surface area contributed by atoms with Crippen molar-refractivity contribution in [1.82, 2.24) is 10.3 Å². The van der Waals surface area contributed by atoms with Crippen LogP contribution in [0.15, 0.2) is 30.5 Å². The molecule has 0 unspecified atom stereocenters. The van der Waals surface area contributed by atoms with Crippen LogP contribution in [-0.2, 0) is 9.59 Å². The van der Waals surface area contributed by atoms with Crippen LogP contribution in [0.25, 0.3) is 11.1 Å². The Labute approximate surface area is 187 Å². The fourth-order valence-electron chi connectivity index (χ4n) is 4.40. The number of nitrogens with one attached hydrogen (secondary N) is 3. The Hall–Kier alpha value is -3.60.